The van der Waals surface area contributed by atoms with Crippen molar-refractivity contribution >= 4 is 11.8 Å². The molecule has 0 saturated carbocycles. The van der Waals surface area contributed by atoms with Gasteiger partial charge < -0.3 is 6.53 Å². The molecule has 3 nitrogen and oxygen atoms in total. The predicted octanol–water partition coefficient (Wildman–Crippen LogP) is 0.678. The van der Waals surface area contributed by atoms with E-state index in [9.17, 15) is 9.59 Å². The number of carbonyl (C=O) groups is 2. The van der Waals surface area contributed by atoms with E-state index in [1.165, 1.54) is 38.5 Å². The van der Waals surface area contributed by atoms with Gasteiger partial charge in [0, 0.05) is 6.42 Å². The number of ketones is 1. The van der Waals surface area contributed by atoms with E-state index >= 15 is 0 Å². The van der Waals surface area contributed by atoms with E-state index in [-0.39, 0.29) is 37.4 Å². The number of carbonyl (C=O) groups excluding carboxylic acids is 1. The van der Waals surface area contributed by atoms with E-state index < -0.39 is 11.8 Å². The number of unbranched alkanes of at least 4 members (excludes halogenated alkanes) is 8. The molecule has 0 aliphatic carbocycles. The molecule has 0 rings (SSSR count). The van der Waals surface area contributed by atoms with E-state index in [2.05, 4.69) is 6.92 Å². The van der Waals surface area contributed by atoms with Gasteiger partial charge in [-0.15, -0.1) is 0 Å². The summed E-state index contributed by atoms with van der Waals surface area (Å²) < 4.78 is 0. The van der Waals surface area contributed by atoms with Crippen LogP contribution in [-0.2, 0) is 9.59 Å². The van der Waals surface area contributed by atoms with E-state index in [4.69, 9.17) is 5.11 Å². The molecule has 0 aromatic carbocycles. The number of carboxylic acid groups (broad SMARTS) is 1. The third-order valence-electron chi connectivity index (χ3n) is 2.75. The number of hydrogen-bond donors (Lipinski definition) is 1. The molecule has 0 heterocycles. The summed E-state index contributed by atoms with van der Waals surface area (Å²) in [5.41, 5.74) is 0. The monoisotopic (exact) mass is 252 g/mol. The fraction of sp³-hybridized carbons (Fsp3) is 0.846. The minimum absolute atomic E-state index is 0. The standard InChI is InChI=1S/C13H24O3.Na.H/c1-2-3-4-5-6-7-8-9-10-11-12(14)13(15)16;;/h2-11H2,1H3,(H,15,16);;/q;+1;-1. The SMILES string of the molecule is CCCCCCCCCCCC(=O)C(=O)O.[H-].[Na+]. The summed E-state index contributed by atoms with van der Waals surface area (Å²) in [5, 5.41) is 8.36. The predicted molar refractivity (Wildman–Crippen MR) is 65.6 cm³/mol. The molecular weight excluding hydrogens is 227 g/mol. The van der Waals surface area contributed by atoms with Crippen LogP contribution in [0.25, 0.3) is 0 Å². The Kier molecular flexibility index (Phi) is 16.3. The number of aliphatic carboxylic acids is 1. The first-order valence-electron chi connectivity index (χ1n) is 6.44. The Morgan fingerprint density at radius 2 is 1.29 bits per heavy atom. The zero-order valence-electron chi connectivity index (χ0n) is 12.3. The van der Waals surface area contributed by atoms with Crippen molar-refractivity contribution in [3.8, 4) is 0 Å². The summed E-state index contributed by atoms with van der Waals surface area (Å²) in [5.74, 6) is -1.94. The van der Waals surface area contributed by atoms with Crippen molar-refractivity contribution in [1.29, 1.82) is 0 Å². The Morgan fingerprint density at radius 1 is 0.882 bits per heavy atom. The van der Waals surface area contributed by atoms with Crippen molar-refractivity contribution in [2.45, 2.75) is 71.1 Å². The first-order chi connectivity index (χ1) is 7.68. The van der Waals surface area contributed by atoms with E-state index in [0.29, 0.717) is 0 Å². The quantitative estimate of drug-likeness (QED) is 0.334. The molecule has 0 atom stereocenters. The summed E-state index contributed by atoms with van der Waals surface area (Å²) in [6.45, 7) is 2.21. The Balaban J connectivity index is -0.00000112. The topological polar surface area (TPSA) is 54.4 Å². The number of carboxylic acids is 1. The van der Waals surface area contributed by atoms with Gasteiger partial charge >= 0.3 is 35.5 Å². The van der Waals surface area contributed by atoms with E-state index in [1.807, 2.05) is 0 Å². The van der Waals surface area contributed by atoms with Crippen LogP contribution in [-0.4, -0.2) is 16.9 Å². The second-order valence-corrected chi connectivity index (χ2v) is 4.31. The fourth-order valence-electron chi connectivity index (χ4n) is 1.70. The maximum absolute atomic E-state index is 10.8. The summed E-state index contributed by atoms with van der Waals surface area (Å²) >= 11 is 0. The molecule has 0 fully saturated rings. The fourth-order valence-corrected chi connectivity index (χ4v) is 1.70. The molecule has 0 aromatic heterocycles. The average Bonchev–Trinajstić information content (AvgIpc) is 2.26. The van der Waals surface area contributed by atoms with Crippen LogP contribution in [0.3, 0.4) is 0 Å². The van der Waals surface area contributed by atoms with Gasteiger partial charge in [-0.25, -0.2) is 4.79 Å². The summed E-state index contributed by atoms with van der Waals surface area (Å²) in [4.78, 5) is 21.0. The Labute approximate surface area is 128 Å². The van der Waals surface area contributed by atoms with Crippen molar-refractivity contribution < 1.29 is 45.7 Å². The summed E-state index contributed by atoms with van der Waals surface area (Å²) in [7, 11) is 0. The van der Waals surface area contributed by atoms with Crippen LogP contribution in [0.2, 0.25) is 0 Å². The van der Waals surface area contributed by atoms with Gasteiger partial charge in [-0.05, 0) is 6.42 Å². The smallest absolute Gasteiger partial charge is 1.00 e. The van der Waals surface area contributed by atoms with Crippen LogP contribution in [0.15, 0.2) is 0 Å². The molecule has 0 unspecified atom stereocenters. The third-order valence-corrected chi connectivity index (χ3v) is 2.75. The molecule has 4 heteroatoms. The first-order valence-corrected chi connectivity index (χ1v) is 6.44. The second kappa shape index (κ2) is 14.2. The van der Waals surface area contributed by atoms with Crippen LogP contribution in [0.4, 0.5) is 0 Å². The molecule has 0 bridgehead atoms. The molecule has 0 saturated heterocycles. The van der Waals surface area contributed by atoms with Gasteiger partial charge in [-0.1, -0.05) is 58.3 Å². The van der Waals surface area contributed by atoms with Gasteiger partial charge in [0.1, 0.15) is 0 Å². The molecule has 0 amide bonds. The molecule has 0 aliphatic heterocycles. The van der Waals surface area contributed by atoms with Crippen LogP contribution in [0.1, 0.15) is 72.6 Å². The van der Waals surface area contributed by atoms with Crippen LogP contribution in [0.5, 0.6) is 0 Å². The van der Waals surface area contributed by atoms with E-state index in [0.717, 1.165) is 19.3 Å². The first kappa shape index (κ1) is 19.5. The summed E-state index contributed by atoms with van der Waals surface area (Å²) in [6, 6.07) is 0. The third kappa shape index (κ3) is 14.1. The van der Waals surface area contributed by atoms with Gasteiger partial charge in [0.15, 0.2) is 0 Å². The Morgan fingerprint density at radius 3 is 1.71 bits per heavy atom. The van der Waals surface area contributed by atoms with Crippen molar-refractivity contribution in [2.24, 2.45) is 0 Å². The second-order valence-electron chi connectivity index (χ2n) is 4.31. The van der Waals surface area contributed by atoms with Crippen molar-refractivity contribution in [1.82, 2.24) is 0 Å². The minimum Gasteiger partial charge on any atom is -1.00 e. The molecular formula is C13H25NaO3. The molecule has 96 valence electrons. The van der Waals surface area contributed by atoms with Gasteiger partial charge in [0.25, 0.3) is 0 Å². The number of rotatable bonds is 11. The Hall–Kier alpha value is 0.140. The number of Topliss-reactive ketones (excluding diaryl/α,β-unsaturated/α-hetero) is 1. The molecule has 1 N–H and O–H groups in total. The van der Waals surface area contributed by atoms with Crippen LogP contribution < -0.4 is 29.6 Å². The van der Waals surface area contributed by atoms with Crippen molar-refractivity contribution in [3.05, 3.63) is 0 Å². The van der Waals surface area contributed by atoms with Gasteiger partial charge in [0.05, 0.1) is 0 Å². The maximum Gasteiger partial charge on any atom is 1.00 e. The van der Waals surface area contributed by atoms with Crippen LogP contribution in [0, 0.1) is 0 Å². The Bertz CT molecular complexity index is 210. The van der Waals surface area contributed by atoms with Gasteiger partial charge in [-0.2, -0.15) is 0 Å². The molecule has 0 aromatic rings. The minimum atomic E-state index is -1.29. The molecule has 17 heavy (non-hydrogen) atoms. The molecule has 0 spiro atoms. The normalized spacial score (nSPS) is 9.71. The zero-order chi connectivity index (χ0) is 12.2. The zero-order valence-corrected chi connectivity index (χ0v) is 13.3. The van der Waals surface area contributed by atoms with Crippen molar-refractivity contribution in [2.75, 3.05) is 0 Å². The average molecular weight is 252 g/mol. The number of hydrogen-bond acceptors (Lipinski definition) is 2. The van der Waals surface area contributed by atoms with Crippen molar-refractivity contribution in [3.63, 3.8) is 0 Å². The van der Waals surface area contributed by atoms with Gasteiger partial charge in [0.2, 0.25) is 5.78 Å². The van der Waals surface area contributed by atoms with E-state index in [1.54, 1.807) is 0 Å². The summed E-state index contributed by atoms with van der Waals surface area (Å²) in [6.07, 6.45) is 10.7. The molecule has 0 aliphatic rings. The largest absolute Gasteiger partial charge is 1.00 e. The molecule has 0 radical (unpaired) electrons. The van der Waals surface area contributed by atoms with Crippen LogP contribution >= 0.6 is 0 Å². The van der Waals surface area contributed by atoms with Gasteiger partial charge in [-0.3, -0.25) is 4.79 Å². The maximum atomic E-state index is 10.8.